The van der Waals surface area contributed by atoms with E-state index in [1.807, 2.05) is 13.0 Å². The van der Waals surface area contributed by atoms with E-state index >= 15 is 0 Å². The van der Waals surface area contributed by atoms with Gasteiger partial charge in [0.2, 0.25) is 5.91 Å². The summed E-state index contributed by atoms with van der Waals surface area (Å²) in [5.41, 5.74) is 6.71. The molecule has 84 valence electrons. The van der Waals surface area contributed by atoms with E-state index < -0.39 is 0 Å². The van der Waals surface area contributed by atoms with Gasteiger partial charge in [0, 0.05) is 12.1 Å². The smallest absolute Gasteiger partial charge is 0.224 e. The quantitative estimate of drug-likeness (QED) is 0.801. The number of carbonyl (C=O) groups excluding carboxylic acids is 1. The van der Waals surface area contributed by atoms with Crippen LogP contribution >= 0.6 is 0 Å². The Labute approximate surface area is 95.1 Å². The number of nitrogens with two attached hydrogens (primary N) is 1. The minimum absolute atomic E-state index is 0.0531. The molecule has 16 heavy (non-hydrogen) atoms. The Balaban J connectivity index is 2.53. The molecule has 4 nitrogen and oxygen atoms in total. The molecule has 0 aliphatic carbocycles. The van der Waals surface area contributed by atoms with Gasteiger partial charge in [0.25, 0.3) is 0 Å². The van der Waals surface area contributed by atoms with Crippen LogP contribution in [0.5, 0.6) is 0 Å². The highest BCUT2D eigenvalue weighted by atomic mass is 16.1. The first kappa shape index (κ1) is 12.2. The summed E-state index contributed by atoms with van der Waals surface area (Å²) in [6.45, 7) is 2.43. The van der Waals surface area contributed by atoms with Crippen LogP contribution in [0.2, 0.25) is 0 Å². The van der Waals surface area contributed by atoms with Crippen LogP contribution in [0.15, 0.2) is 24.3 Å². The monoisotopic (exact) mass is 217 g/mol. The molecule has 4 heteroatoms. The molecule has 0 heterocycles. The standard InChI is InChI=1S/C12H15N3O/c1-9(7-13)6-12(16)15-11-4-2-10(8-14)3-5-11/h2-5,9H,6-7,13H2,1H3,(H,15,16). The van der Waals surface area contributed by atoms with E-state index in [4.69, 9.17) is 11.0 Å². The topological polar surface area (TPSA) is 78.9 Å². The van der Waals surface area contributed by atoms with Crippen LogP contribution in [0.4, 0.5) is 5.69 Å². The molecule has 1 aromatic rings. The number of benzene rings is 1. The van der Waals surface area contributed by atoms with Crippen LogP contribution < -0.4 is 11.1 Å². The average Bonchev–Trinajstić information content (AvgIpc) is 2.29. The van der Waals surface area contributed by atoms with E-state index in [2.05, 4.69) is 5.32 Å². The second-order valence-corrected chi connectivity index (χ2v) is 3.78. The Morgan fingerprint density at radius 1 is 1.50 bits per heavy atom. The van der Waals surface area contributed by atoms with E-state index in [0.717, 1.165) is 0 Å². The van der Waals surface area contributed by atoms with E-state index in [-0.39, 0.29) is 11.8 Å². The third-order valence-electron chi connectivity index (χ3n) is 2.23. The molecule has 1 rings (SSSR count). The van der Waals surface area contributed by atoms with Gasteiger partial charge in [-0.3, -0.25) is 4.79 Å². The average molecular weight is 217 g/mol. The Morgan fingerprint density at radius 3 is 2.62 bits per heavy atom. The summed E-state index contributed by atoms with van der Waals surface area (Å²) in [4.78, 5) is 11.5. The van der Waals surface area contributed by atoms with E-state index in [1.54, 1.807) is 24.3 Å². The van der Waals surface area contributed by atoms with Crippen molar-refractivity contribution in [3.05, 3.63) is 29.8 Å². The van der Waals surface area contributed by atoms with Crippen LogP contribution in [-0.4, -0.2) is 12.5 Å². The highest BCUT2D eigenvalue weighted by molar-refractivity contribution is 5.90. The zero-order chi connectivity index (χ0) is 12.0. The lowest BCUT2D eigenvalue weighted by Crippen LogP contribution is -2.20. The number of rotatable bonds is 4. The fraction of sp³-hybridized carbons (Fsp3) is 0.333. The second-order valence-electron chi connectivity index (χ2n) is 3.78. The van der Waals surface area contributed by atoms with Crippen molar-refractivity contribution in [2.24, 2.45) is 11.7 Å². The molecule has 0 aromatic heterocycles. The van der Waals surface area contributed by atoms with Crippen molar-refractivity contribution in [1.29, 1.82) is 5.26 Å². The van der Waals surface area contributed by atoms with Gasteiger partial charge in [-0.2, -0.15) is 5.26 Å². The SMILES string of the molecule is CC(CN)CC(=O)Nc1ccc(C#N)cc1. The lowest BCUT2D eigenvalue weighted by molar-refractivity contribution is -0.116. The highest BCUT2D eigenvalue weighted by Crippen LogP contribution is 2.10. The number of carbonyl (C=O) groups is 1. The number of nitrogens with one attached hydrogen (secondary N) is 1. The molecule has 0 fully saturated rings. The highest BCUT2D eigenvalue weighted by Gasteiger charge is 2.07. The first-order valence-electron chi connectivity index (χ1n) is 5.15. The lowest BCUT2D eigenvalue weighted by Gasteiger charge is -2.08. The normalized spacial score (nSPS) is 11.6. The van der Waals surface area contributed by atoms with Crippen molar-refractivity contribution in [3.8, 4) is 6.07 Å². The minimum Gasteiger partial charge on any atom is -0.330 e. The summed E-state index contributed by atoms with van der Waals surface area (Å²) >= 11 is 0. The van der Waals surface area contributed by atoms with E-state index in [9.17, 15) is 4.79 Å². The molecule has 3 N–H and O–H groups in total. The van der Waals surface area contributed by atoms with Gasteiger partial charge in [0.1, 0.15) is 0 Å². The fourth-order valence-corrected chi connectivity index (χ4v) is 1.24. The number of hydrogen-bond acceptors (Lipinski definition) is 3. The summed E-state index contributed by atoms with van der Waals surface area (Å²) in [7, 11) is 0. The van der Waals surface area contributed by atoms with E-state index in [1.165, 1.54) is 0 Å². The molecule has 0 saturated heterocycles. The zero-order valence-corrected chi connectivity index (χ0v) is 9.23. The summed E-state index contributed by atoms with van der Waals surface area (Å²) in [6.07, 6.45) is 0.413. The lowest BCUT2D eigenvalue weighted by atomic mass is 10.1. The number of anilines is 1. The Morgan fingerprint density at radius 2 is 2.12 bits per heavy atom. The van der Waals surface area contributed by atoms with Crippen LogP contribution in [0.3, 0.4) is 0 Å². The molecule has 0 aliphatic rings. The number of nitriles is 1. The molecule has 0 aliphatic heterocycles. The molecular weight excluding hydrogens is 202 g/mol. The van der Waals surface area contributed by atoms with Gasteiger partial charge in [0.05, 0.1) is 11.6 Å². The van der Waals surface area contributed by atoms with Crippen molar-refractivity contribution in [2.75, 3.05) is 11.9 Å². The maximum atomic E-state index is 11.5. The maximum Gasteiger partial charge on any atom is 0.224 e. The van der Waals surface area contributed by atoms with Gasteiger partial charge >= 0.3 is 0 Å². The van der Waals surface area contributed by atoms with Gasteiger partial charge in [-0.15, -0.1) is 0 Å². The molecule has 0 bridgehead atoms. The summed E-state index contributed by atoms with van der Waals surface area (Å²) in [6, 6.07) is 8.78. The second kappa shape index (κ2) is 5.89. The molecule has 0 saturated carbocycles. The van der Waals surface area contributed by atoms with Crippen molar-refractivity contribution >= 4 is 11.6 Å². The van der Waals surface area contributed by atoms with E-state index in [0.29, 0.717) is 24.2 Å². The van der Waals surface area contributed by atoms with Crippen molar-refractivity contribution < 1.29 is 4.79 Å². The van der Waals surface area contributed by atoms with Crippen molar-refractivity contribution in [3.63, 3.8) is 0 Å². The minimum atomic E-state index is -0.0531. The fourth-order valence-electron chi connectivity index (χ4n) is 1.24. The van der Waals surface area contributed by atoms with Crippen LogP contribution in [0, 0.1) is 17.2 Å². The van der Waals surface area contributed by atoms with Gasteiger partial charge in [-0.1, -0.05) is 6.92 Å². The molecule has 1 atom stereocenters. The summed E-state index contributed by atoms with van der Waals surface area (Å²) in [5.74, 6) is 0.126. The Hall–Kier alpha value is -1.86. The Kier molecular flexibility index (Phi) is 4.49. The zero-order valence-electron chi connectivity index (χ0n) is 9.23. The van der Waals surface area contributed by atoms with Crippen LogP contribution in [0.1, 0.15) is 18.9 Å². The largest absolute Gasteiger partial charge is 0.330 e. The first-order valence-corrected chi connectivity index (χ1v) is 5.15. The van der Waals surface area contributed by atoms with Gasteiger partial charge in [-0.05, 0) is 36.7 Å². The first-order chi connectivity index (χ1) is 7.65. The molecule has 1 unspecified atom stereocenters. The number of nitrogens with zero attached hydrogens (tertiary/aromatic N) is 1. The summed E-state index contributed by atoms with van der Waals surface area (Å²) < 4.78 is 0. The number of hydrogen-bond donors (Lipinski definition) is 2. The molecule has 1 amide bonds. The van der Waals surface area contributed by atoms with Crippen molar-refractivity contribution in [2.45, 2.75) is 13.3 Å². The van der Waals surface area contributed by atoms with Crippen LogP contribution in [-0.2, 0) is 4.79 Å². The third kappa shape index (κ3) is 3.71. The van der Waals surface area contributed by atoms with Gasteiger partial charge in [-0.25, -0.2) is 0 Å². The van der Waals surface area contributed by atoms with Crippen molar-refractivity contribution in [1.82, 2.24) is 0 Å². The maximum absolute atomic E-state index is 11.5. The Bertz CT molecular complexity index is 392. The molecule has 0 radical (unpaired) electrons. The predicted octanol–water partition coefficient (Wildman–Crippen LogP) is 1.48. The number of amides is 1. The predicted molar refractivity (Wildman–Crippen MR) is 62.6 cm³/mol. The third-order valence-corrected chi connectivity index (χ3v) is 2.23. The van der Waals surface area contributed by atoms with Gasteiger partial charge in [0.15, 0.2) is 0 Å². The molecule has 1 aromatic carbocycles. The van der Waals surface area contributed by atoms with Crippen LogP contribution in [0.25, 0.3) is 0 Å². The van der Waals surface area contributed by atoms with Gasteiger partial charge < -0.3 is 11.1 Å². The summed E-state index contributed by atoms with van der Waals surface area (Å²) in [5, 5.41) is 11.4. The molecular formula is C12H15N3O. The molecule has 0 spiro atoms.